The number of rotatable bonds is 5. The van der Waals surface area contributed by atoms with Gasteiger partial charge in [0.15, 0.2) is 0 Å². The minimum atomic E-state index is -3.73. The Bertz CT molecular complexity index is 979. The summed E-state index contributed by atoms with van der Waals surface area (Å²) >= 11 is 0. The highest BCUT2D eigenvalue weighted by atomic mass is 32.2. The first-order valence-electron chi connectivity index (χ1n) is 10.6. The molecule has 2 unspecified atom stereocenters. The van der Waals surface area contributed by atoms with E-state index in [4.69, 9.17) is 0 Å². The number of likely N-dealkylation sites (tertiary alicyclic amines) is 1. The van der Waals surface area contributed by atoms with Crippen molar-refractivity contribution in [2.24, 2.45) is 5.92 Å². The molecule has 0 aliphatic carbocycles. The lowest BCUT2D eigenvalue weighted by atomic mass is 9.96. The number of halogens is 1. The number of benzene rings is 2. The molecule has 0 bridgehead atoms. The lowest BCUT2D eigenvalue weighted by Crippen LogP contribution is -2.48. The van der Waals surface area contributed by atoms with Gasteiger partial charge in [0, 0.05) is 25.7 Å². The summed E-state index contributed by atoms with van der Waals surface area (Å²) in [7, 11) is -3.73. The predicted octanol–water partition coefficient (Wildman–Crippen LogP) is 3.46. The summed E-state index contributed by atoms with van der Waals surface area (Å²) in [6, 6.07) is 15.2. The summed E-state index contributed by atoms with van der Waals surface area (Å²) in [5.74, 6) is -0.739. The second-order valence-electron chi connectivity index (χ2n) is 8.17. The molecule has 1 amide bonds. The summed E-state index contributed by atoms with van der Waals surface area (Å²) in [6.45, 7) is 1.31. The van der Waals surface area contributed by atoms with Crippen LogP contribution in [-0.4, -0.2) is 49.2 Å². The Labute approximate surface area is 177 Å². The van der Waals surface area contributed by atoms with Crippen molar-refractivity contribution in [2.45, 2.75) is 43.0 Å². The SMILES string of the molecule is O=C(C1CCCN(S(=O)(=O)c2ccc(F)cc2)C1)N1CCCC1Cc1ccccc1. The zero-order valence-corrected chi connectivity index (χ0v) is 17.7. The van der Waals surface area contributed by atoms with Crippen molar-refractivity contribution in [1.29, 1.82) is 0 Å². The Kier molecular flexibility index (Phi) is 6.20. The number of sulfonamides is 1. The summed E-state index contributed by atoms with van der Waals surface area (Å²) in [4.78, 5) is 15.3. The molecule has 2 aromatic carbocycles. The molecule has 2 fully saturated rings. The molecule has 5 nitrogen and oxygen atoms in total. The Balaban J connectivity index is 1.46. The van der Waals surface area contributed by atoms with Crippen molar-refractivity contribution >= 4 is 15.9 Å². The van der Waals surface area contributed by atoms with E-state index in [0.717, 1.165) is 37.9 Å². The van der Waals surface area contributed by atoms with Crippen molar-refractivity contribution < 1.29 is 17.6 Å². The monoisotopic (exact) mass is 430 g/mol. The lowest BCUT2D eigenvalue weighted by molar-refractivity contribution is -0.137. The molecule has 2 aliphatic rings. The second-order valence-corrected chi connectivity index (χ2v) is 10.1. The maximum atomic E-state index is 13.3. The quantitative estimate of drug-likeness (QED) is 0.730. The maximum absolute atomic E-state index is 13.3. The van der Waals surface area contributed by atoms with Gasteiger partial charge < -0.3 is 4.90 Å². The van der Waals surface area contributed by atoms with Gasteiger partial charge in [-0.05, 0) is 61.9 Å². The van der Waals surface area contributed by atoms with E-state index < -0.39 is 15.8 Å². The number of carbonyl (C=O) groups is 1. The fourth-order valence-electron chi connectivity index (χ4n) is 4.58. The number of hydrogen-bond donors (Lipinski definition) is 0. The van der Waals surface area contributed by atoms with Crippen LogP contribution in [0.15, 0.2) is 59.5 Å². The van der Waals surface area contributed by atoms with Crippen LogP contribution in [0, 0.1) is 11.7 Å². The molecule has 7 heteroatoms. The van der Waals surface area contributed by atoms with Gasteiger partial charge in [-0.25, -0.2) is 12.8 Å². The van der Waals surface area contributed by atoms with Gasteiger partial charge in [-0.2, -0.15) is 4.31 Å². The third-order valence-corrected chi connectivity index (χ3v) is 8.04. The Morgan fingerprint density at radius 3 is 2.40 bits per heavy atom. The van der Waals surface area contributed by atoms with Crippen molar-refractivity contribution in [2.75, 3.05) is 19.6 Å². The highest BCUT2D eigenvalue weighted by molar-refractivity contribution is 7.89. The molecule has 0 N–H and O–H groups in total. The molecular formula is C23H27FN2O3S. The van der Waals surface area contributed by atoms with Crippen LogP contribution in [0.25, 0.3) is 0 Å². The van der Waals surface area contributed by atoms with E-state index in [0.29, 0.717) is 19.4 Å². The van der Waals surface area contributed by atoms with Crippen LogP contribution in [0.2, 0.25) is 0 Å². The molecule has 160 valence electrons. The fourth-order valence-corrected chi connectivity index (χ4v) is 6.10. The Hall–Kier alpha value is -2.25. The fraction of sp³-hybridized carbons (Fsp3) is 0.435. The van der Waals surface area contributed by atoms with Crippen LogP contribution in [0.4, 0.5) is 4.39 Å². The molecule has 2 saturated heterocycles. The number of carbonyl (C=O) groups excluding carboxylic acids is 1. The zero-order chi connectivity index (χ0) is 21.1. The topological polar surface area (TPSA) is 57.7 Å². The molecule has 2 atom stereocenters. The molecule has 0 aromatic heterocycles. The summed E-state index contributed by atoms with van der Waals surface area (Å²) < 4.78 is 40.5. The van der Waals surface area contributed by atoms with Crippen LogP contribution < -0.4 is 0 Å². The highest BCUT2D eigenvalue weighted by Crippen LogP contribution is 2.29. The molecule has 0 radical (unpaired) electrons. The number of piperidine rings is 1. The smallest absolute Gasteiger partial charge is 0.243 e. The molecule has 2 heterocycles. The number of amides is 1. The van der Waals surface area contributed by atoms with Crippen molar-refractivity contribution in [3.8, 4) is 0 Å². The molecular weight excluding hydrogens is 403 g/mol. The van der Waals surface area contributed by atoms with E-state index in [1.165, 1.54) is 22.0 Å². The van der Waals surface area contributed by atoms with Crippen LogP contribution >= 0.6 is 0 Å². The van der Waals surface area contributed by atoms with Crippen molar-refractivity contribution in [1.82, 2.24) is 9.21 Å². The minimum Gasteiger partial charge on any atom is -0.339 e. The number of hydrogen-bond acceptors (Lipinski definition) is 3. The number of nitrogens with zero attached hydrogens (tertiary/aromatic N) is 2. The zero-order valence-electron chi connectivity index (χ0n) is 16.9. The van der Waals surface area contributed by atoms with Gasteiger partial charge in [-0.1, -0.05) is 30.3 Å². The Morgan fingerprint density at radius 1 is 0.967 bits per heavy atom. The summed E-state index contributed by atoms with van der Waals surface area (Å²) in [6.07, 6.45) is 4.13. The average molecular weight is 431 g/mol. The average Bonchev–Trinajstić information content (AvgIpc) is 3.22. The van der Waals surface area contributed by atoms with Gasteiger partial charge in [0.05, 0.1) is 10.8 Å². The van der Waals surface area contributed by atoms with E-state index in [-0.39, 0.29) is 29.3 Å². The van der Waals surface area contributed by atoms with Gasteiger partial charge in [0.2, 0.25) is 15.9 Å². The summed E-state index contributed by atoms with van der Waals surface area (Å²) in [5, 5.41) is 0. The minimum absolute atomic E-state index is 0.0624. The molecule has 0 saturated carbocycles. The van der Waals surface area contributed by atoms with Crippen molar-refractivity contribution in [3.05, 3.63) is 66.0 Å². The highest BCUT2D eigenvalue weighted by Gasteiger charge is 2.38. The molecule has 0 spiro atoms. The van der Waals surface area contributed by atoms with E-state index >= 15 is 0 Å². The Morgan fingerprint density at radius 2 is 1.67 bits per heavy atom. The van der Waals surface area contributed by atoms with Gasteiger partial charge in [-0.3, -0.25) is 4.79 Å². The van der Waals surface area contributed by atoms with Crippen molar-refractivity contribution in [3.63, 3.8) is 0 Å². The van der Waals surface area contributed by atoms with E-state index in [1.54, 1.807) is 0 Å². The third-order valence-electron chi connectivity index (χ3n) is 6.16. The van der Waals surface area contributed by atoms with Gasteiger partial charge in [-0.15, -0.1) is 0 Å². The third kappa shape index (κ3) is 4.42. The van der Waals surface area contributed by atoms with Crippen LogP contribution in [0.3, 0.4) is 0 Å². The molecule has 30 heavy (non-hydrogen) atoms. The first kappa shape index (κ1) is 21.0. The van der Waals surface area contributed by atoms with Crippen LogP contribution in [0.5, 0.6) is 0 Å². The lowest BCUT2D eigenvalue weighted by Gasteiger charge is -2.35. The standard InChI is InChI=1S/C23H27FN2O3S/c24-20-10-12-22(13-11-20)30(28,29)25-14-4-8-19(17-25)23(27)26-15-5-9-21(26)16-18-6-2-1-3-7-18/h1-3,6-7,10-13,19,21H,4-5,8-9,14-17H2. The van der Waals surface area contributed by atoms with Gasteiger partial charge in [0.1, 0.15) is 5.82 Å². The summed E-state index contributed by atoms with van der Waals surface area (Å²) in [5.41, 5.74) is 1.21. The molecule has 4 rings (SSSR count). The largest absolute Gasteiger partial charge is 0.339 e. The normalized spacial score (nSPS) is 22.9. The van der Waals surface area contributed by atoms with Crippen LogP contribution in [0.1, 0.15) is 31.2 Å². The predicted molar refractivity (Wildman–Crippen MR) is 113 cm³/mol. The second kappa shape index (κ2) is 8.86. The first-order valence-corrected chi connectivity index (χ1v) is 12.0. The van der Waals surface area contributed by atoms with E-state index in [9.17, 15) is 17.6 Å². The van der Waals surface area contributed by atoms with Gasteiger partial charge >= 0.3 is 0 Å². The molecule has 2 aromatic rings. The maximum Gasteiger partial charge on any atom is 0.243 e. The van der Waals surface area contributed by atoms with Gasteiger partial charge in [0.25, 0.3) is 0 Å². The van der Waals surface area contributed by atoms with Crippen LogP contribution in [-0.2, 0) is 21.2 Å². The van der Waals surface area contributed by atoms with E-state index in [2.05, 4.69) is 12.1 Å². The first-order chi connectivity index (χ1) is 14.4. The molecule has 2 aliphatic heterocycles. The van der Waals surface area contributed by atoms with E-state index in [1.807, 2.05) is 23.1 Å².